The van der Waals surface area contributed by atoms with Crippen LogP contribution in [0.2, 0.25) is 0 Å². The van der Waals surface area contributed by atoms with Crippen LogP contribution in [0.1, 0.15) is 34.1 Å². The summed E-state index contributed by atoms with van der Waals surface area (Å²) in [5.74, 6) is 0.578. The molecule has 0 unspecified atom stereocenters. The zero-order valence-electron chi connectivity index (χ0n) is 14.2. The van der Waals surface area contributed by atoms with E-state index in [2.05, 4.69) is 34.1 Å². The Morgan fingerprint density at radius 3 is 2.26 bits per heavy atom. The van der Waals surface area contributed by atoms with Gasteiger partial charge in [-0.15, -0.1) is 11.3 Å². The van der Waals surface area contributed by atoms with Crippen molar-refractivity contribution in [2.75, 3.05) is 5.32 Å². The molecule has 3 rings (SSSR count). The van der Waals surface area contributed by atoms with Crippen molar-refractivity contribution in [3.8, 4) is 10.7 Å². The van der Waals surface area contributed by atoms with Crippen LogP contribution in [0, 0.1) is 0 Å². The first-order valence-corrected chi connectivity index (χ1v) is 8.76. The third-order valence-corrected chi connectivity index (χ3v) is 3.13. The van der Waals surface area contributed by atoms with Gasteiger partial charge in [0.25, 0.3) is 0 Å². The van der Waals surface area contributed by atoms with Crippen LogP contribution in [0.5, 0.6) is 0 Å². The molecule has 0 saturated heterocycles. The summed E-state index contributed by atoms with van der Waals surface area (Å²) >= 11 is 1.56. The Labute approximate surface area is 142 Å². The minimum absolute atomic E-state index is 0.578. The van der Waals surface area contributed by atoms with Gasteiger partial charge in [0.05, 0.1) is 0 Å². The average Bonchev–Trinajstić information content (AvgIpc) is 3.13. The maximum Gasteiger partial charge on any atom is 0.227 e. The maximum atomic E-state index is 4.44. The predicted octanol–water partition coefficient (Wildman–Crippen LogP) is 5.79. The van der Waals surface area contributed by atoms with Gasteiger partial charge >= 0.3 is 0 Å². The Morgan fingerprint density at radius 2 is 1.65 bits per heavy atom. The molecular weight excluding hydrogens is 304 g/mol. The van der Waals surface area contributed by atoms with Crippen molar-refractivity contribution in [3.05, 3.63) is 54.2 Å². The fraction of sp³-hybridized carbons (Fsp3) is 0.278. The van der Waals surface area contributed by atoms with Crippen LogP contribution >= 0.6 is 11.3 Å². The van der Waals surface area contributed by atoms with Gasteiger partial charge in [0.2, 0.25) is 5.95 Å². The highest BCUT2D eigenvalue weighted by atomic mass is 32.1. The van der Waals surface area contributed by atoms with Gasteiger partial charge in [-0.25, -0.2) is 15.0 Å². The molecule has 0 radical (unpaired) electrons. The summed E-state index contributed by atoms with van der Waals surface area (Å²) in [7, 11) is 0. The van der Waals surface area contributed by atoms with Crippen molar-refractivity contribution in [2.24, 2.45) is 0 Å². The zero-order chi connectivity index (χ0) is 16.9. The van der Waals surface area contributed by atoms with Crippen LogP contribution < -0.4 is 5.32 Å². The summed E-state index contributed by atoms with van der Waals surface area (Å²) in [6.45, 7) is 8.25. The molecule has 1 N–H and O–H groups in total. The first kappa shape index (κ1) is 18.8. The molecule has 0 saturated carbocycles. The topological polar surface area (TPSA) is 50.7 Å². The van der Waals surface area contributed by atoms with Gasteiger partial charge < -0.3 is 5.32 Å². The molecule has 5 heteroatoms. The largest absolute Gasteiger partial charge is 0.324 e. The monoisotopic (exact) mass is 328 g/mol. The lowest BCUT2D eigenvalue weighted by Gasteiger charge is -2.04. The molecular formula is C18H24N4S. The number of para-hydroxylation sites is 1. The molecule has 0 bridgehead atoms. The number of rotatable bonds is 3. The summed E-state index contributed by atoms with van der Waals surface area (Å²) < 4.78 is 0. The first-order chi connectivity index (χ1) is 11.3. The minimum Gasteiger partial charge on any atom is -0.324 e. The van der Waals surface area contributed by atoms with Gasteiger partial charge in [-0.3, -0.25) is 0 Å². The molecule has 0 amide bonds. The number of hydrogen-bond donors (Lipinski definition) is 1. The summed E-state index contributed by atoms with van der Waals surface area (Å²) in [4.78, 5) is 12.9. The number of aromatic nitrogens is 3. The van der Waals surface area contributed by atoms with E-state index in [0.29, 0.717) is 5.95 Å². The fourth-order valence-electron chi connectivity index (χ4n) is 1.54. The van der Waals surface area contributed by atoms with Crippen LogP contribution in [0.15, 0.2) is 54.2 Å². The van der Waals surface area contributed by atoms with Crippen LogP contribution in [0.4, 0.5) is 11.6 Å². The SMILES string of the molecule is CC.CCC.c1ccc(Nc2nccc(-c3nccs3)n2)cc1. The summed E-state index contributed by atoms with van der Waals surface area (Å²) in [6.07, 6.45) is 4.75. The third kappa shape index (κ3) is 6.57. The van der Waals surface area contributed by atoms with Crippen molar-refractivity contribution in [2.45, 2.75) is 34.1 Å². The third-order valence-electron chi connectivity index (χ3n) is 2.34. The molecule has 1 aromatic carbocycles. The molecule has 0 aliphatic carbocycles. The first-order valence-electron chi connectivity index (χ1n) is 7.88. The van der Waals surface area contributed by atoms with E-state index in [1.165, 1.54) is 6.42 Å². The van der Waals surface area contributed by atoms with Gasteiger partial charge in [0.15, 0.2) is 0 Å². The highest BCUT2D eigenvalue weighted by Crippen LogP contribution is 2.20. The van der Waals surface area contributed by atoms with E-state index in [4.69, 9.17) is 0 Å². The Kier molecular flexibility index (Phi) is 9.24. The highest BCUT2D eigenvalue weighted by Gasteiger charge is 2.04. The van der Waals surface area contributed by atoms with Crippen LogP contribution in [0.3, 0.4) is 0 Å². The Morgan fingerprint density at radius 1 is 0.957 bits per heavy atom. The fourth-order valence-corrected chi connectivity index (χ4v) is 2.15. The average molecular weight is 328 g/mol. The van der Waals surface area contributed by atoms with Gasteiger partial charge in [0, 0.05) is 23.5 Å². The second kappa shape index (κ2) is 11.3. The molecule has 0 atom stereocenters. The Hall–Kier alpha value is -2.27. The quantitative estimate of drug-likeness (QED) is 0.661. The van der Waals surface area contributed by atoms with Crippen molar-refractivity contribution in [1.29, 1.82) is 0 Å². The van der Waals surface area contributed by atoms with Gasteiger partial charge in [-0.2, -0.15) is 0 Å². The smallest absolute Gasteiger partial charge is 0.227 e. The summed E-state index contributed by atoms with van der Waals surface area (Å²) in [5, 5.41) is 5.99. The Bertz CT molecular complexity index is 639. The molecule has 2 heterocycles. The summed E-state index contributed by atoms with van der Waals surface area (Å²) in [6, 6.07) is 11.7. The number of benzene rings is 1. The lowest BCUT2D eigenvalue weighted by atomic mass is 10.3. The summed E-state index contributed by atoms with van der Waals surface area (Å²) in [5.41, 5.74) is 1.80. The van der Waals surface area contributed by atoms with Crippen LogP contribution in [-0.2, 0) is 0 Å². The number of hydrogen-bond acceptors (Lipinski definition) is 5. The lowest BCUT2D eigenvalue weighted by molar-refractivity contribution is 1.09. The van der Waals surface area contributed by atoms with Crippen molar-refractivity contribution >= 4 is 23.0 Å². The number of anilines is 2. The van der Waals surface area contributed by atoms with Crippen LogP contribution in [-0.4, -0.2) is 15.0 Å². The normalized spacial score (nSPS) is 9.04. The van der Waals surface area contributed by atoms with Crippen molar-refractivity contribution in [3.63, 3.8) is 0 Å². The molecule has 0 aliphatic rings. The van der Waals surface area contributed by atoms with E-state index in [1.54, 1.807) is 23.7 Å². The zero-order valence-corrected chi connectivity index (χ0v) is 15.0. The van der Waals surface area contributed by atoms with Crippen molar-refractivity contribution < 1.29 is 0 Å². The van der Waals surface area contributed by atoms with E-state index in [-0.39, 0.29) is 0 Å². The molecule has 0 fully saturated rings. The Balaban J connectivity index is 0.000000477. The molecule has 3 aromatic rings. The number of nitrogens with zero attached hydrogens (tertiary/aromatic N) is 3. The highest BCUT2D eigenvalue weighted by molar-refractivity contribution is 7.13. The second-order valence-corrected chi connectivity index (χ2v) is 5.20. The molecule has 23 heavy (non-hydrogen) atoms. The van der Waals surface area contributed by atoms with Gasteiger partial charge in [-0.05, 0) is 18.2 Å². The van der Waals surface area contributed by atoms with E-state index in [1.807, 2.05) is 55.6 Å². The molecule has 122 valence electrons. The second-order valence-electron chi connectivity index (χ2n) is 4.30. The number of nitrogens with one attached hydrogen (secondary N) is 1. The van der Waals surface area contributed by atoms with E-state index in [9.17, 15) is 0 Å². The molecule has 4 nitrogen and oxygen atoms in total. The van der Waals surface area contributed by atoms with Crippen LogP contribution in [0.25, 0.3) is 10.7 Å². The van der Waals surface area contributed by atoms with E-state index < -0.39 is 0 Å². The minimum atomic E-state index is 0.578. The molecule has 2 aromatic heterocycles. The maximum absolute atomic E-state index is 4.44. The van der Waals surface area contributed by atoms with E-state index in [0.717, 1.165) is 16.4 Å². The molecule has 0 spiro atoms. The van der Waals surface area contributed by atoms with Gasteiger partial charge in [0.1, 0.15) is 10.7 Å². The van der Waals surface area contributed by atoms with E-state index >= 15 is 0 Å². The predicted molar refractivity (Wildman–Crippen MR) is 100 cm³/mol. The number of thiazole rings is 1. The van der Waals surface area contributed by atoms with Gasteiger partial charge in [-0.1, -0.05) is 52.3 Å². The standard InChI is InChI=1S/C13H10N4S.C3H8.C2H6/c1-2-4-10(5-3-1)16-13-15-7-6-11(17-13)12-14-8-9-18-12;1-3-2;1-2/h1-9H,(H,15,16,17);3H2,1-2H3;1-2H3. The van der Waals surface area contributed by atoms with Crippen molar-refractivity contribution in [1.82, 2.24) is 15.0 Å². The lowest BCUT2D eigenvalue weighted by Crippen LogP contribution is -1.97. The molecule has 0 aliphatic heterocycles.